The summed E-state index contributed by atoms with van der Waals surface area (Å²) in [4.78, 5) is 4.27. The van der Waals surface area contributed by atoms with Gasteiger partial charge >= 0.3 is 0 Å². The van der Waals surface area contributed by atoms with Gasteiger partial charge in [-0.15, -0.1) is 0 Å². The number of aromatic nitrogens is 2. The van der Waals surface area contributed by atoms with Crippen LogP contribution >= 0.6 is 0 Å². The van der Waals surface area contributed by atoms with Gasteiger partial charge in [0, 0.05) is 24.1 Å². The van der Waals surface area contributed by atoms with Crippen LogP contribution in [0.2, 0.25) is 0 Å². The van der Waals surface area contributed by atoms with Crippen molar-refractivity contribution in [2.75, 3.05) is 11.9 Å². The molecule has 20 heavy (non-hydrogen) atoms. The molecule has 0 radical (unpaired) electrons. The molecule has 0 saturated heterocycles. The van der Waals surface area contributed by atoms with Gasteiger partial charge in [0.05, 0.1) is 12.4 Å². The molecular weight excluding hydrogens is 246 g/mol. The van der Waals surface area contributed by atoms with E-state index in [0.29, 0.717) is 6.04 Å². The molecular formula is C17H25N3. The van der Waals surface area contributed by atoms with Crippen LogP contribution in [-0.4, -0.2) is 16.1 Å². The van der Waals surface area contributed by atoms with Gasteiger partial charge in [-0.3, -0.25) is 0 Å². The van der Waals surface area contributed by atoms with E-state index >= 15 is 0 Å². The number of imidazole rings is 1. The zero-order chi connectivity index (χ0) is 14.4. The molecule has 0 aliphatic rings. The molecule has 0 aliphatic heterocycles. The van der Waals surface area contributed by atoms with Crippen molar-refractivity contribution in [1.82, 2.24) is 9.55 Å². The molecule has 1 atom stereocenters. The van der Waals surface area contributed by atoms with Crippen molar-refractivity contribution in [3.8, 4) is 0 Å². The summed E-state index contributed by atoms with van der Waals surface area (Å²) in [5.74, 6) is 0. The predicted octanol–water partition coefficient (Wildman–Crippen LogP) is 4.40. The van der Waals surface area contributed by atoms with E-state index in [1.807, 2.05) is 12.5 Å². The Hall–Kier alpha value is -1.77. The van der Waals surface area contributed by atoms with Gasteiger partial charge in [0.25, 0.3) is 0 Å². The first-order valence-electron chi connectivity index (χ1n) is 7.58. The number of benzene rings is 1. The van der Waals surface area contributed by atoms with E-state index in [2.05, 4.69) is 59.9 Å². The highest BCUT2D eigenvalue weighted by molar-refractivity contribution is 5.45. The molecule has 0 fully saturated rings. The van der Waals surface area contributed by atoms with Crippen LogP contribution < -0.4 is 5.32 Å². The van der Waals surface area contributed by atoms with Gasteiger partial charge in [-0.25, -0.2) is 4.98 Å². The minimum Gasteiger partial charge on any atom is -0.385 e. The van der Waals surface area contributed by atoms with E-state index in [9.17, 15) is 0 Å². The fourth-order valence-electron chi connectivity index (χ4n) is 2.59. The number of nitrogens with one attached hydrogen (secondary N) is 1. The molecule has 1 N–H and O–H groups in total. The Balaban J connectivity index is 2.24. The molecule has 0 spiro atoms. The second-order valence-electron chi connectivity index (χ2n) is 5.25. The molecule has 0 aliphatic carbocycles. The van der Waals surface area contributed by atoms with Crippen molar-refractivity contribution in [3.05, 3.63) is 48.0 Å². The molecule has 0 saturated carbocycles. The van der Waals surface area contributed by atoms with Crippen molar-refractivity contribution in [2.45, 2.75) is 46.1 Å². The zero-order valence-electron chi connectivity index (χ0n) is 12.8. The summed E-state index contributed by atoms with van der Waals surface area (Å²) in [6, 6.07) is 9.21. The van der Waals surface area contributed by atoms with Crippen molar-refractivity contribution in [2.24, 2.45) is 0 Å². The van der Waals surface area contributed by atoms with Crippen LogP contribution in [-0.2, 0) is 0 Å². The lowest BCUT2D eigenvalue weighted by molar-refractivity contribution is 0.507. The number of rotatable bonds is 7. The van der Waals surface area contributed by atoms with E-state index in [1.54, 1.807) is 0 Å². The molecule has 2 aromatic rings. The maximum atomic E-state index is 4.27. The van der Waals surface area contributed by atoms with Crippen LogP contribution in [0.5, 0.6) is 0 Å². The predicted molar refractivity (Wildman–Crippen MR) is 85.2 cm³/mol. The van der Waals surface area contributed by atoms with E-state index < -0.39 is 0 Å². The van der Waals surface area contributed by atoms with Crippen molar-refractivity contribution in [1.29, 1.82) is 0 Å². The minimum atomic E-state index is 0.396. The van der Waals surface area contributed by atoms with Gasteiger partial charge in [-0.05, 0) is 38.0 Å². The Morgan fingerprint density at radius 2 is 1.95 bits per heavy atom. The lowest BCUT2D eigenvalue weighted by atomic mass is 10.0. The van der Waals surface area contributed by atoms with Crippen LogP contribution in [0.3, 0.4) is 0 Å². The monoisotopic (exact) mass is 271 g/mol. The number of hydrogen-bond acceptors (Lipinski definition) is 2. The van der Waals surface area contributed by atoms with Gasteiger partial charge in [-0.1, -0.05) is 31.9 Å². The number of unbranched alkanes of at least 4 members (excludes halogenated alkanes) is 1. The Labute approximate surface area is 122 Å². The summed E-state index contributed by atoms with van der Waals surface area (Å²) < 4.78 is 2.29. The van der Waals surface area contributed by atoms with Crippen LogP contribution in [0.25, 0.3) is 0 Å². The third kappa shape index (κ3) is 3.41. The van der Waals surface area contributed by atoms with E-state index in [1.165, 1.54) is 29.8 Å². The van der Waals surface area contributed by atoms with E-state index in [-0.39, 0.29) is 0 Å². The summed E-state index contributed by atoms with van der Waals surface area (Å²) in [5.41, 5.74) is 3.77. The fraction of sp³-hybridized carbons (Fsp3) is 0.471. The first kappa shape index (κ1) is 14.6. The first-order valence-corrected chi connectivity index (χ1v) is 7.58. The number of hydrogen-bond donors (Lipinski definition) is 1. The smallest absolute Gasteiger partial charge is 0.0953 e. The Morgan fingerprint density at radius 3 is 2.50 bits per heavy atom. The largest absolute Gasteiger partial charge is 0.385 e. The molecule has 3 nitrogen and oxygen atoms in total. The summed E-state index contributed by atoms with van der Waals surface area (Å²) in [7, 11) is 0. The molecule has 1 aromatic carbocycles. The molecule has 0 amide bonds. The molecule has 108 valence electrons. The molecule has 1 unspecified atom stereocenters. The lowest BCUT2D eigenvalue weighted by Gasteiger charge is -2.21. The molecule has 1 aromatic heterocycles. The van der Waals surface area contributed by atoms with Crippen LogP contribution in [0, 0.1) is 6.92 Å². The van der Waals surface area contributed by atoms with Crippen LogP contribution in [0.4, 0.5) is 5.69 Å². The van der Waals surface area contributed by atoms with Gasteiger partial charge in [0.2, 0.25) is 0 Å². The van der Waals surface area contributed by atoms with Crippen molar-refractivity contribution >= 4 is 5.69 Å². The standard InChI is InChI=1S/C17H25N3/c1-4-6-7-17(20-13-18-12-14(20)3)15-8-10-16(11-9-15)19-5-2/h8-13,17,19H,4-7H2,1-3H3. The van der Waals surface area contributed by atoms with Gasteiger partial charge in [0.15, 0.2) is 0 Å². The second kappa shape index (κ2) is 7.13. The topological polar surface area (TPSA) is 29.9 Å². The number of nitrogens with zero attached hydrogens (tertiary/aromatic N) is 2. The molecule has 0 bridgehead atoms. The third-order valence-corrected chi connectivity index (χ3v) is 3.70. The van der Waals surface area contributed by atoms with Gasteiger partial charge in [-0.2, -0.15) is 0 Å². The van der Waals surface area contributed by atoms with Crippen molar-refractivity contribution < 1.29 is 0 Å². The Morgan fingerprint density at radius 1 is 1.20 bits per heavy atom. The zero-order valence-corrected chi connectivity index (χ0v) is 12.8. The number of anilines is 1. The summed E-state index contributed by atoms with van der Waals surface area (Å²) in [5, 5.41) is 3.34. The van der Waals surface area contributed by atoms with Gasteiger partial charge < -0.3 is 9.88 Å². The summed E-state index contributed by atoms with van der Waals surface area (Å²) >= 11 is 0. The quantitative estimate of drug-likeness (QED) is 0.808. The average Bonchev–Trinajstić information content (AvgIpc) is 2.88. The fourth-order valence-corrected chi connectivity index (χ4v) is 2.59. The van der Waals surface area contributed by atoms with E-state index in [4.69, 9.17) is 0 Å². The Kier molecular flexibility index (Phi) is 5.22. The first-order chi connectivity index (χ1) is 9.76. The molecule has 1 heterocycles. The van der Waals surface area contributed by atoms with Crippen LogP contribution in [0.15, 0.2) is 36.8 Å². The second-order valence-corrected chi connectivity index (χ2v) is 5.25. The lowest BCUT2D eigenvalue weighted by Crippen LogP contribution is -2.11. The highest BCUT2D eigenvalue weighted by Gasteiger charge is 2.14. The normalized spacial score (nSPS) is 12.3. The van der Waals surface area contributed by atoms with Crippen molar-refractivity contribution in [3.63, 3.8) is 0 Å². The maximum Gasteiger partial charge on any atom is 0.0953 e. The highest BCUT2D eigenvalue weighted by Crippen LogP contribution is 2.26. The van der Waals surface area contributed by atoms with E-state index in [0.717, 1.165) is 13.0 Å². The molecule has 2 rings (SSSR count). The highest BCUT2D eigenvalue weighted by atomic mass is 15.1. The average molecular weight is 271 g/mol. The summed E-state index contributed by atoms with van der Waals surface area (Å²) in [6.45, 7) is 7.44. The SMILES string of the molecule is CCCCC(c1ccc(NCC)cc1)n1cncc1C. The van der Waals surface area contributed by atoms with Crippen LogP contribution in [0.1, 0.15) is 50.4 Å². The number of aryl methyl sites for hydroxylation is 1. The molecule has 3 heteroatoms. The third-order valence-electron chi connectivity index (χ3n) is 3.70. The minimum absolute atomic E-state index is 0.396. The van der Waals surface area contributed by atoms with Gasteiger partial charge in [0.1, 0.15) is 0 Å². The summed E-state index contributed by atoms with van der Waals surface area (Å²) in [6.07, 6.45) is 7.50. The Bertz CT molecular complexity index is 513. The maximum absolute atomic E-state index is 4.27.